The molecule has 0 bridgehead atoms. The molecule has 0 heterocycles. The van der Waals surface area contributed by atoms with E-state index >= 15 is 0 Å². The molecule has 0 aromatic carbocycles. The van der Waals surface area contributed by atoms with Crippen LogP contribution in [0, 0.1) is 0 Å². The highest BCUT2D eigenvalue weighted by molar-refractivity contribution is 5.70. The van der Waals surface area contributed by atoms with Crippen molar-refractivity contribution in [2.45, 2.75) is 219 Å². The molecule has 0 amide bonds. The number of ether oxygens (including phenoxy) is 3. The van der Waals surface area contributed by atoms with Gasteiger partial charge in [-0.15, -0.1) is 0 Å². The minimum atomic E-state index is -0.596. The minimum Gasteiger partial charge on any atom is -0.462 e. The van der Waals surface area contributed by atoms with Crippen molar-refractivity contribution in [1.29, 1.82) is 0 Å². The van der Waals surface area contributed by atoms with Gasteiger partial charge in [-0.3, -0.25) is 9.59 Å². The van der Waals surface area contributed by atoms with Crippen LogP contribution in [0.25, 0.3) is 0 Å². The highest BCUT2D eigenvalue weighted by Gasteiger charge is 2.17. The summed E-state index contributed by atoms with van der Waals surface area (Å²) in [6.07, 6.45) is 83.0. The van der Waals surface area contributed by atoms with E-state index in [1.54, 1.807) is 0 Å². The van der Waals surface area contributed by atoms with Crippen LogP contribution in [0.5, 0.6) is 0 Å². The smallest absolute Gasteiger partial charge is 0.306 e. The fraction of sp³-hybridized carbons (Fsp3) is 0.587. The molecule has 1 unspecified atom stereocenters. The molecule has 0 aliphatic rings. The van der Waals surface area contributed by atoms with Crippen molar-refractivity contribution in [2.24, 2.45) is 0 Å². The summed E-state index contributed by atoms with van der Waals surface area (Å²) >= 11 is 0. The monoisotopic (exact) mass is 937 g/mol. The quantitative estimate of drug-likeness (QED) is 0.0346. The van der Waals surface area contributed by atoms with E-state index in [9.17, 15) is 9.59 Å². The second-order valence-electron chi connectivity index (χ2n) is 17.4. The standard InChI is InChI=1S/C63H100O5/c1-4-7-10-13-16-19-22-25-27-29-31-33-35-37-40-43-46-49-52-55-58-66-59-61(68-63(65)57-54-51-48-45-42-38-24-21-18-15-12-9-6-3)60-67-62(64)56-53-50-47-44-41-39-36-34-32-30-28-26-23-20-17-14-11-8-5-2/h7-8,10-11,16-17,19-21,24-28,31-34,37,39-41,46,49,61H,4-6,9,12-15,18,22-23,29-30,35-36,38,42-45,47-48,50-60H2,1-3H3/b10-7-,11-8-,19-16-,20-17-,24-21-,27-25-,28-26-,33-31-,34-32-,40-37-,41-39-,49-46-. The van der Waals surface area contributed by atoms with Gasteiger partial charge in [-0.1, -0.05) is 212 Å². The summed E-state index contributed by atoms with van der Waals surface area (Å²) in [6, 6.07) is 0. The fourth-order valence-corrected chi connectivity index (χ4v) is 6.84. The lowest BCUT2D eigenvalue weighted by Gasteiger charge is -2.18. The summed E-state index contributed by atoms with van der Waals surface area (Å²) in [4.78, 5) is 25.5. The van der Waals surface area contributed by atoms with Gasteiger partial charge in [0.25, 0.3) is 0 Å². The van der Waals surface area contributed by atoms with E-state index in [0.29, 0.717) is 19.4 Å². The van der Waals surface area contributed by atoms with E-state index in [0.717, 1.165) is 135 Å². The Morgan fingerprint density at radius 1 is 0.338 bits per heavy atom. The lowest BCUT2D eigenvalue weighted by molar-refractivity contribution is -0.163. The van der Waals surface area contributed by atoms with Gasteiger partial charge in [0.1, 0.15) is 6.61 Å². The second-order valence-corrected chi connectivity index (χ2v) is 17.4. The van der Waals surface area contributed by atoms with Gasteiger partial charge >= 0.3 is 11.9 Å². The Kier molecular flexibility index (Phi) is 53.6. The zero-order valence-electron chi connectivity index (χ0n) is 43.8. The summed E-state index contributed by atoms with van der Waals surface area (Å²) < 4.78 is 17.3. The second kappa shape index (κ2) is 57.1. The van der Waals surface area contributed by atoms with Crippen LogP contribution in [-0.2, 0) is 23.8 Å². The first kappa shape index (κ1) is 63.8. The summed E-state index contributed by atoms with van der Waals surface area (Å²) in [5.41, 5.74) is 0. The third-order valence-corrected chi connectivity index (χ3v) is 10.8. The van der Waals surface area contributed by atoms with Gasteiger partial charge in [0, 0.05) is 19.4 Å². The minimum absolute atomic E-state index is 0.0316. The van der Waals surface area contributed by atoms with Crippen LogP contribution in [0.15, 0.2) is 146 Å². The molecule has 1 atom stereocenters. The first-order chi connectivity index (χ1) is 33.6. The van der Waals surface area contributed by atoms with Crippen LogP contribution >= 0.6 is 0 Å². The van der Waals surface area contributed by atoms with E-state index in [-0.39, 0.29) is 25.2 Å². The molecule has 0 aliphatic heterocycles. The van der Waals surface area contributed by atoms with E-state index in [1.165, 1.54) is 44.9 Å². The van der Waals surface area contributed by atoms with E-state index < -0.39 is 6.10 Å². The molecule has 0 saturated carbocycles. The molecule has 0 aliphatic carbocycles. The lowest BCUT2D eigenvalue weighted by atomic mass is 10.1. The molecule has 0 spiro atoms. The molecule has 0 N–H and O–H groups in total. The maximum absolute atomic E-state index is 12.8. The van der Waals surface area contributed by atoms with Crippen LogP contribution in [0.4, 0.5) is 0 Å². The van der Waals surface area contributed by atoms with Crippen molar-refractivity contribution in [3.8, 4) is 0 Å². The number of hydrogen-bond acceptors (Lipinski definition) is 5. The Balaban J connectivity index is 4.47. The zero-order chi connectivity index (χ0) is 49.2. The van der Waals surface area contributed by atoms with E-state index in [1.807, 2.05) is 0 Å². The van der Waals surface area contributed by atoms with Gasteiger partial charge in [0.05, 0.1) is 6.61 Å². The number of carbonyl (C=O) groups excluding carboxylic acids is 2. The highest BCUT2D eigenvalue weighted by Crippen LogP contribution is 2.12. The van der Waals surface area contributed by atoms with Gasteiger partial charge in [-0.05, 0) is 135 Å². The van der Waals surface area contributed by atoms with Crippen molar-refractivity contribution in [3.63, 3.8) is 0 Å². The molecule has 5 heteroatoms. The third kappa shape index (κ3) is 54.4. The molecule has 0 aromatic rings. The summed E-state index contributed by atoms with van der Waals surface area (Å²) in [5, 5.41) is 0. The summed E-state index contributed by atoms with van der Waals surface area (Å²) in [5.74, 6) is -0.487. The van der Waals surface area contributed by atoms with Crippen LogP contribution in [0.2, 0.25) is 0 Å². The fourth-order valence-electron chi connectivity index (χ4n) is 6.84. The van der Waals surface area contributed by atoms with Gasteiger partial charge < -0.3 is 14.2 Å². The van der Waals surface area contributed by atoms with Crippen molar-refractivity contribution in [1.82, 2.24) is 0 Å². The van der Waals surface area contributed by atoms with E-state index in [2.05, 4.69) is 167 Å². The van der Waals surface area contributed by atoms with Crippen molar-refractivity contribution in [3.05, 3.63) is 146 Å². The molecule has 0 aromatic heterocycles. The summed E-state index contributed by atoms with van der Waals surface area (Å²) in [7, 11) is 0. The average Bonchev–Trinajstić information content (AvgIpc) is 3.34. The topological polar surface area (TPSA) is 61.8 Å². The molecular weight excluding hydrogens is 837 g/mol. The molecule has 0 saturated heterocycles. The SMILES string of the molecule is CC/C=C\C/C=C\C/C=C\C/C=C\C/C=C\C/C=C\CCCOCC(COC(=O)CCCCC/C=C\C/C=C\C/C=C\C/C=C\C/C=C\CC)OC(=O)CCCCCCC/C=C\CCCCCC. The lowest BCUT2D eigenvalue weighted by Crippen LogP contribution is -2.30. The Labute approximate surface area is 419 Å². The van der Waals surface area contributed by atoms with Gasteiger partial charge in [0.15, 0.2) is 6.10 Å². The maximum atomic E-state index is 12.8. The van der Waals surface area contributed by atoms with Crippen LogP contribution in [0.1, 0.15) is 213 Å². The number of allylic oxidation sites excluding steroid dienone is 24. The highest BCUT2D eigenvalue weighted by atomic mass is 16.6. The van der Waals surface area contributed by atoms with Crippen LogP contribution in [0.3, 0.4) is 0 Å². The first-order valence-electron chi connectivity index (χ1n) is 27.4. The van der Waals surface area contributed by atoms with Crippen LogP contribution < -0.4 is 0 Å². The van der Waals surface area contributed by atoms with Crippen molar-refractivity contribution < 1.29 is 23.8 Å². The van der Waals surface area contributed by atoms with Crippen molar-refractivity contribution >= 4 is 11.9 Å². The first-order valence-corrected chi connectivity index (χ1v) is 27.4. The molecule has 68 heavy (non-hydrogen) atoms. The third-order valence-electron chi connectivity index (χ3n) is 10.8. The molecule has 0 radical (unpaired) electrons. The number of carbonyl (C=O) groups is 2. The maximum Gasteiger partial charge on any atom is 0.306 e. The Morgan fingerprint density at radius 3 is 1.09 bits per heavy atom. The number of esters is 2. The average molecular weight is 937 g/mol. The largest absolute Gasteiger partial charge is 0.462 e. The number of rotatable bonds is 48. The predicted molar refractivity (Wildman–Crippen MR) is 297 cm³/mol. The number of unbranched alkanes of at least 4 members (excludes halogenated alkanes) is 13. The zero-order valence-corrected chi connectivity index (χ0v) is 43.8. The Morgan fingerprint density at radius 2 is 0.662 bits per heavy atom. The van der Waals surface area contributed by atoms with Crippen LogP contribution in [-0.4, -0.2) is 37.9 Å². The van der Waals surface area contributed by atoms with E-state index in [4.69, 9.17) is 14.2 Å². The molecule has 5 nitrogen and oxygen atoms in total. The summed E-state index contributed by atoms with van der Waals surface area (Å²) in [6.45, 7) is 7.38. The van der Waals surface area contributed by atoms with Gasteiger partial charge in [-0.2, -0.15) is 0 Å². The Hall–Kier alpha value is -4.22. The molecule has 0 fully saturated rings. The van der Waals surface area contributed by atoms with Gasteiger partial charge in [0.2, 0.25) is 0 Å². The van der Waals surface area contributed by atoms with Gasteiger partial charge in [-0.25, -0.2) is 0 Å². The Bertz CT molecular complexity index is 1480. The van der Waals surface area contributed by atoms with Crippen molar-refractivity contribution in [2.75, 3.05) is 19.8 Å². The molecule has 382 valence electrons. The molecular formula is C63H100O5. The predicted octanol–water partition coefficient (Wildman–Crippen LogP) is 18.9. The molecule has 0 rings (SSSR count). The number of hydrogen-bond donors (Lipinski definition) is 0. The normalized spacial score (nSPS) is 13.4.